The van der Waals surface area contributed by atoms with Gasteiger partial charge in [0.2, 0.25) is 0 Å². The zero-order chi connectivity index (χ0) is 26.8. The van der Waals surface area contributed by atoms with E-state index in [2.05, 4.69) is 0 Å². The molecule has 1 saturated heterocycles. The van der Waals surface area contributed by atoms with Crippen molar-refractivity contribution in [3.8, 4) is 16.9 Å². The Balaban J connectivity index is 1.38. The molecule has 0 bridgehead atoms. The van der Waals surface area contributed by atoms with E-state index in [0.717, 1.165) is 22.6 Å². The molecule has 8 nitrogen and oxygen atoms in total. The zero-order valence-corrected chi connectivity index (χ0v) is 20.7. The third-order valence-electron chi connectivity index (χ3n) is 6.79. The molecule has 9 heteroatoms. The Kier molecular flexibility index (Phi) is 6.74. The number of non-ortho nitro benzene ring substituents is 1. The molecule has 0 saturated carbocycles. The van der Waals surface area contributed by atoms with E-state index in [0.29, 0.717) is 31.7 Å². The summed E-state index contributed by atoms with van der Waals surface area (Å²) in [6.45, 7) is 3.19. The van der Waals surface area contributed by atoms with Gasteiger partial charge in [-0.25, -0.2) is 4.39 Å². The molecule has 0 radical (unpaired) electrons. The molecule has 1 aromatic heterocycles. The summed E-state index contributed by atoms with van der Waals surface area (Å²) in [5.41, 5.74) is 3.85. The topological polar surface area (TPSA) is 88.7 Å². The van der Waals surface area contributed by atoms with Gasteiger partial charge in [0, 0.05) is 55.3 Å². The minimum Gasteiger partial charge on any atom is -0.335 e. The van der Waals surface area contributed by atoms with Gasteiger partial charge in [0.05, 0.1) is 16.2 Å². The van der Waals surface area contributed by atoms with Gasteiger partial charge in [0.15, 0.2) is 0 Å². The largest absolute Gasteiger partial charge is 0.335 e. The molecule has 0 spiro atoms. The molecule has 2 heterocycles. The molecule has 38 heavy (non-hydrogen) atoms. The van der Waals surface area contributed by atoms with Crippen LogP contribution in [0, 0.1) is 22.9 Å². The summed E-state index contributed by atoms with van der Waals surface area (Å²) in [5.74, 6) is -0.786. The Labute approximate surface area is 218 Å². The number of piperazine rings is 1. The van der Waals surface area contributed by atoms with Crippen molar-refractivity contribution in [2.75, 3.05) is 26.2 Å². The molecule has 192 valence electrons. The number of nitro benzene ring substituents is 1. The summed E-state index contributed by atoms with van der Waals surface area (Å²) in [4.78, 5) is 40.4. The van der Waals surface area contributed by atoms with E-state index < -0.39 is 4.92 Å². The first-order valence-corrected chi connectivity index (χ1v) is 12.2. The fourth-order valence-corrected chi connectivity index (χ4v) is 4.78. The maximum atomic E-state index is 13.6. The maximum absolute atomic E-state index is 13.6. The van der Waals surface area contributed by atoms with Crippen LogP contribution in [0.2, 0.25) is 0 Å². The number of amides is 2. The summed E-state index contributed by atoms with van der Waals surface area (Å²) in [7, 11) is 0. The second kappa shape index (κ2) is 10.3. The van der Waals surface area contributed by atoms with E-state index in [9.17, 15) is 24.1 Å². The summed E-state index contributed by atoms with van der Waals surface area (Å²) < 4.78 is 15.6. The second-order valence-electron chi connectivity index (χ2n) is 9.10. The SMILES string of the molecule is Cc1c(C(=O)N2CCN(C(=O)c3cccc([N+](=O)[O-])c3)CC2)cc(-c2ccc(F)cc2)n1-c1ccccc1. The number of aromatic nitrogens is 1. The third-order valence-corrected chi connectivity index (χ3v) is 6.79. The minimum atomic E-state index is -0.530. The standard InChI is InChI=1S/C29H25FN4O4/c1-20-26(19-27(21-10-12-23(30)13-11-21)33(20)24-7-3-2-4-8-24)29(36)32-16-14-31(15-17-32)28(35)22-6-5-9-25(18-22)34(37)38/h2-13,18-19H,14-17H2,1H3. The number of rotatable bonds is 5. The monoisotopic (exact) mass is 512 g/mol. The summed E-state index contributed by atoms with van der Waals surface area (Å²) in [5, 5.41) is 11.1. The van der Waals surface area contributed by atoms with Crippen molar-refractivity contribution in [3.63, 3.8) is 0 Å². The van der Waals surface area contributed by atoms with Crippen LogP contribution >= 0.6 is 0 Å². The van der Waals surface area contributed by atoms with Gasteiger partial charge in [-0.1, -0.05) is 24.3 Å². The quantitative estimate of drug-likeness (QED) is 0.275. The van der Waals surface area contributed by atoms with Gasteiger partial charge in [-0.3, -0.25) is 19.7 Å². The highest BCUT2D eigenvalue weighted by Crippen LogP contribution is 2.31. The summed E-state index contributed by atoms with van der Waals surface area (Å²) in [6.07, 6.45) is 0. The van der Waals surface area contributed by atoms with Gasteiger partial charge in [-0.05, 0) is 61.0 Å². The van der Waals surface area contributed by atoms with Crippen LogP contribution in [-0.4, -0.2) is 57.3 Å². The number of nitro groups is 1. The van der Waals surface area contributed by atoms with Crippen molar-refractivity contribution in [1.29, 1.82) is 0 Å². The Hall–Kier alpha value is -4.79. The van der Waals surface area contributed by atoms with Crippen LogP contribution in [0.25, 0.3) is 16.9 Å². The lowest BCUT2D eigenvalue weighted by Crippen LogP contribution is -2.50. The lowest BCUT2D eigenvalue weighted by Gasteiger charge is -2.34. The van der Waals surface area contributed by atoms with Crippen LogP contribution < -0.4 is 0 Å². The number of benzene rings is 3. The van der Waals surface area contributed by atoms with Crippen LogP contribution in [0.15, 0.2) is 84.9 Å². The van der Waals surface area contributed by atoms with Crippen LogP contribution in [0.5, 0.6) is 0 Å². The van der Waals surface area contributed by atoms with E-state index in [4.69, 9.17) is 0 Å². The highest BCUT2D eigenvalue weighted by atomic mass is 19.1. The van der Waals surface area contributed by atoms with Crippen molar-refractivity contribution in [2.45, 2.75) is 6.92 Å². The second-order valence-corrected chi connectivity index (χ2v) is 9.10. The van der Waals surface area contributed by atoms with Gasteiger partial charge in [-0.2, -0.15) is 0 Å². The van der Waals surface area contributed by atoms with E-state index in [-0.39, 0.29) is 28.9 Å². The first-order valence-electron chi connectivity index (χ1n) is 12.2. The Morgan fingerprint density at radius 3 is 2.08 bits per heavy atom. The smallest absolute Gasteiger partial charge is 0.270 e. The lowest BCUT2D eigenvalue weighted by atomic mass is 10.1. The average molecular weight is 513 g/mol. The molecule has 0 unspecified atom stereocenters. The molecule has 2 amide bonds. The van der Waals surface area contributed by atoms with E-state index >= 15 is 0 Å². The molecule has 0 N–H and O–H groups in total. The first-order chi connectivity index (χ1) is 18.3. The van der Waals surface area contributed by atoms with Gasteiger partial charge in [-0.15, -0.1) is 0 Å². The number of para-hydroxylation sites is 1. The zero-order valence-electron chi connectivity index (χ0n) is 20.7. The highest BCUT2D eigenvalue weighted by Gasteiger charge is 2.29. The maximum Gasteiger partial charge on any atom is 0.270 e. The number of halogens is 1. The summed E-state index contributed by atoms with van der Waals surface area (Å²) in [6, 6.07) is 23.3. The molecule has 1 aliphatic heterocycles. The van der Waals surface area contributed by atoms with E-state index in [1.165, 1.54) is 30.3 Å². The van der Waals surface area contributed by atoms with Crippen LogP contribution in [0.3, 0.4) is 0 Å². The molecule has 4 aromatic rings. The third kappa shape index (κ3) is 4.78. The molecule has 1 fully saturated rings. The van der Waals surface area contributed by atoms with Crippen LogP contribution in [0.1, 0.15) is 26.4 Å². The normalized spacial score (nSPS) is 13.4. The predicted molar refractivity (Wildman–Crippen MR) is 141 cm³/mol. The number of carbonyl (C=O) groups excluding carboxylic acids is 2. The number of hydrogen-bond acceptors (Lipinski definition) is 4. The Morgan fingerprint density at radius 1 is 0.816 bits per heavy atom. The van der Waals surface area contributed by atoms with E-state index in [1.807, 2.05) is 47.9 Å². The molecule has 1 aliphatic rings. The summed E-state index contributed by atoms with van der Waals surface area (Å²) >= 11 is 0. The van der Waals surface area contributed by atoms with E-state index in [1.54, 1.807) is 28.0 Å². The minimum absolute atomic E-state index is 0.139. The molecule has 0 atom stereocenters. The first kappa shape index (κ1) is 24.9. The fraction of sp³-hybridized carbons (Fsp3) is 0.172. The number of nitrogens with zero attached hydrogens (tertiary/aromatic N) is 4. The van der Waals surface area contributed by atoms with Crippen molar-refractivity contribution in [1.82, 2.24) is 14.4 Å². The average Bonchev–Trinajstić information content (AvgIpc) is 3.30. The lowest BCUT2D eigenvalue weighted by molar-refractivity contribution is -0.384. The molecule has 5 rings (SSSR count). The van der Waals surface area contributed by atoms with Gasteiger partial charge in [0.1, 0.15) is 5.82 Å². The number of carbonyl (C=O) groups is 2. The van der Waals surface area contributed by atoms with Crippen molar-refractivity contribution < 1.29 is 18.9 Å². The van der Waals surface area contributed by atoms with Crippen LogP contribution in [-0.2, 0) is 0 Å². The highest BCUT2D eigenvalue weighted by molar-refractivity contribution is 5.98. The fourth-order valence-electron chi connectivity index (χ4n) is 4.78. The molecular formula is C29H25FN4O4. The predicted octanol–water partition coefficient (Wildman–Crippen LogP) is 5.10. The molecule has 0 aliphatic carbocycles. The Morgan fingerprint density at radius 2 is 1.45 bits per heavy atom. The van der Waals surface area contributed by atoms with Crippen molar-refractivity contribution in [2.24, 2.45) is 0 Å². The van der Waals surface area contributed by atoms with Crippen LogP contribution in [0.4, 0.5) is 10.1 Å². The van der Waals surface area contributed by atoms with Gasteiger partial charge < -0.3 is 14.4 Å². The van der Waals surface area contributed by atoms with Crippen molar-refractivity contribution >= 4 is 17.5 Å². The molecular weight excluding hydrogens is 487 g/mol. The van der Waals surface area contributed by atoms with Gasteiger partial charge in [0.25, 0.3) is 17.5 Å². The molecule has 3 aromatic carbocycles. The van der Waals surface area contributed by atoms with Gasteiger partial charge >= 0.3 is 0 Å². The van der Waals surface area contributed by atoms with Crippen molar-refractivity contribution in [3.05, 3.63) is 118 Å². The Bertz CT molecular complexity index is 1510. The number of hydrogen-bond donors (Lipinski definition) is 0.